The van der Waals surface area contributed by atoms with Crippen LogP contribution in [0.5, 0.6) is 0 Å². The molecule has 0 aromatic carbocycles. The van der Waals surface area contributed by atoms with Crippen LogP contribution in [-0.2, 0) is 9.53 Å². The molecule has 3 heteroatoms. The zero-order valence-electron chi connectivity index (χ0n) is 7.46. The quantitative estimate of drug-likeness (QED) is 0.621. The molecular weight excluding hydrogens is 142 g/mol. The van der Waals surface area contributed by atoms with E-state index in [9.17, 15) is 4.79 Å². The summed E-state index contributed by atoms with van der Waals surface area (Å²) >= 11 is 0. The van der Waals surface area contributed by atoms with Crippen LogP contribution in [0.2, 0.25) is 0 Å². The lowest BCUT2D eigenvalue weighted by Crippen LogP contribution is -2.37. The van der Waals surface area contributed by atoms with E-state index in [1.54, 1.807) is 6.92 Å². The maximum absolute atomic E-state index is 11.0. The first-order valence-electron chi connectivity index (χ1n) is 4.05. The molecule has 0 aromatic heterocycles. The number of nitrogens with two attached hydrogens (primary N) is 1. The van der Waals surface area contributed by atoms with E-state index in [1.165, 1.54) is 0 Å². The SMILES string of the molecule is CCOC(=O)C(N)C(C)CC. The smallest absolute Gasteiger partial charge is 0.323 e. The van der Waals surface area contributed by atoms with Crippen molar-refractivity contribution in [2.24, 2.45) is 11.7 Å². The molecule has 0 amide bonds. The van der Waals surface area contributed by atoms with Crippen LogP contribution >= 0.6 is 0 Å². The molecule has 0 rings (SSSR count). The van der Waals surface area contributed by atoms with Crippen molar-refractivity contribution in [3.8, 4) is 0 Å². The minimum absolute atomic E-state index is 0.203. The first kappa shape index (κ1) is 10.4. The van der Waals surface area contributed by atoms with E-state index in [2.05, 4.69) is 0 Å². The van der Waals surface area contributed by atoms with Gasteiger partial charge in [0.2, 0.25) is 0 Å². The molecule has 0 saturated heterocycles. The third kappa shape index (κ3) is 3.37. The average molecular weight is 159 g/mol. The van der Waals surface area contributed by atoms with Crippen molar-refractivity contribution < 1.29 is 9.53 Å². The Morgan fingerprint density at radius 1 is 1.55 bits per heavy atom. The fraction of sp³-hybridized carbons (Fsp3) is 0.875. The van der Waals surface area contributed by atoms with Gasteiger partial charge in [-0.1, -0.05) is 20.3 Å². The van der Waals surface area contributed by atoms with Gasteiger partial charge in [0.1, 0.15) is 6.04 Å². The van der Waals surface area contributed by atoms with E-state index in [4.69, 9.17) is 10.5 Å². The lowest BCUT2D eigenvalue weighted by atomic mass is 10.0. The number of hydrogen-bond acceptors (Lipinski definition) is 3. The van der Waals surface area contributed by atoms with Crippen molar-refractivity contribution in [2.75, 3.05) is 6.61 Å². The fourth-order valence-corrected chi connectivity index (χ4v) is 0.725. The van der Waals surface area contributed by atoms with Gasteiger partial charge in [-0.15, -0.1) is 0 Å². The summed E-state index contributed by atoms with van der Waals surface area (Å²) in [6.45, 7) is 6.13. The summed E-state index contributed by atoms with van der Waals surface area (Å²) < 4.78 is 4.76. The molecular formula is C8H17NO2. The third-order valence-corrected chi connectivity index (χ3v) is 1.82. The Kier molecular flexibility index (Phi) is 4.86. The lowest BCUT2D eigenvalue weighted by molar-refractivity contribution is -0.145. The van der Waals surface area contributed by atoms with Crippen molar-refractivity contribution in [3.63, 3.8) is 0 Å². The number of hydrogen-bond donors (Lipinski definition) is 1. The maximum atomic E-state index is 11.0. The van der Waals surface area contributed by atoms with Crippen LogP contribution < -0.4 is 5.73 Å². The van der Waals surface area contributed by atoms with Crippen molar-refractivity contribution >= 4 is 5.97 Å². The molecule has 2 N–H and O–H groups in total. The molecule has 0 bridgehead atoms. The van der Waals surface area contributed by atoms with E-state index in [0.29, 0.717) is 6.61 Å². The Morgan fingerprint density at radius 2 is 2.09 bits per heavy atom. The second-order valence-electron chi connectivity index (χ2n) is 2.66. The van der Waals surface area contributed by atoms with Crippen LogP contribution in [0.4, 0.5) is 0 Å². The summed E-state index contributed by atoms with van der Waals surface area (Å²) in [5, 5.41) is 0. The highest BCUT2D eigenvalue weighted by Gasteiger charge is 2.19. The predicted molar refractivity (Wildman–Crippen MR) is 44.1 cm³/mol. The van der Waals surface area contributed by atoms with E-state index in [-0.39, 0.29) is 11.9 Å². The van der Waals surface area contributed by atoms with Gasteiger partial charge >= 0.3 is 5.97 Å². The van der Waals surface area contributed by atoms with Crippen LogP contribution in [-0.4, -0.2) is 18.6 Å². The number of rotatable bonds is 4. The van der Waals surface area contributed by atoms with Gasteiger partial charge in [-0.3, -0.25) is 4.79 Å². The van der Waals surface area contributed by atoms with Gasteiger partial charge in [-0.25, -0.2) is 0 Å². The molecule has 0 saturated carbocycles. The molecule has 0 aromatic rings. The third-order valence-electron chi connectivity index (χ3n) is 1.82. The maximum Gasteiger partial charge on any atom is 0.323 e. The van der Waals surface area contributed by atoms with Crippen LogP contribution in [0.3, 0.4) is 0 Å². The van der Waals surface area contributed by atoms with Gasteiger partial charge in [-0.2, -0.15) is 0 Å². The minimum Gasteiger partial charge on any atom is -0.465 e. The van der Waals surface area contributed by atoms with Gasteiger partial charge in [0, 0.05) is 0 Å². The van der Waals surface area contributed by atoms with Crippen LogP contribution in [0.1, 0.15) is 27.2 Å². The highest BCUT2D eigenvalue weighted by atomic mass is 16.5. The minimum atomic E-state index is -0.458. The molecule has 0 radical (unpaired) electrons. The molecule has 0 spiro atoms. The zero-order chi connectivity index (χ0) is 8.85. The highest BCUT2D eigenvalue weighted by molar-refractivity contribution is 5.75. The van der Waals surface area contributed by atoms with E-state index >= 15 is 0 Å². The summed E-state index contributed by atoms with van der Waals surface area (Å²) in [7, 11) is 0. The fourth-order valence-electron chi connectivity index (χ4n) is 0.725. The summed E-state index contributed by atoms with van der Waals surface area (Å²) in [4.78, 5) is 11.0. The Bertz CT molecular complexity index is 125. The Balaban J connectivity index is 3.80. The van der Waals surface area contributed by atoms with Crippen LogP contribution in [0.25, 0.3) is 0 Å². The van der Waals surface area contributed by atoms with E-state index in [0.717, 1.165) is 6.42 Å². The summed E-state index contributed by atoms with van der Waals surface area (Å²) in [6, 6.07) is -0.458. The van der Waals surface area contributed by atoms with Crippen molar-refractivity contribution in [1.82, 2.24) is 0 Å². The largest absolute Gasteiger partial charge is 0.465 e. The summed E-state index contributed by atoms with van der Waals surface area (Å²) in [5.74, 6) is -0.0871. The highest BCUT2D eigenvalue weighted by Crippen LogP contribution is 2.06. The van der Waals surface area contributed by atoms with E-state index < -0.39 is 6.04 Å². The summed E-state index contributed by atoms with van der Waals surface area (Å²) in [6.07, 6.45) is 0.903. The van der Waals surface area contributed by atoms with E-state index in [1.807, 2.05) is 13.8 Å². The summed E-state index contributed by atoms with van der Waals surface area (Å²) in [5.41, 5.74) is 5.58. The van der Waals surface area contributed by atoms with Crippen molar-refractivity contribution in [1.29, 1.82) is 0 Å². The second kappa shape index (κ2) is 5.13. The Morgan fingerprint density at radius 3 is 2.45 bits per heavy atom. The molecule has 0 heterocycles. The van der Waals surface area contributed by atoms with Crippen LogP contribution in [0, 0.1) is 5.92 Å². The molecule has 2 unspecified atom stereocenters. The molecule has 0 aliphatic carbocycles. The normalized spacial score (nSPS) is 15.6. The average Bonchev–Trinajstić information content (AvgIpc) is 2.02. The number of carbonyl (C=O) groups is 1. The molecule has 0 fully saturated rings. The van der Waals surface area contributed by atoms with Gasteiger partial charge < -0.3 is 10.5 Å². The monoisotopic (exact) mass is 159 g/mol. The number of carbonyl (C=O) groups excluding carboxylic acids is 1. The van der Waals surface area contributed by atoms with Gasteiger partial charge in [0.05, 0.1) is 6.61 Å². The molecule has 11 heavy (non-hydrogen) atoms. The van der Waals surface area contributed by atoms with Crippen molar-refractivity contribution in [3.05, 3.63) is 0 Å². The predicted octanol–water partition coefficient (Wildman–Crippen LogP) is 0.923. The van der Waals surface area contributed by atoms with Crippen LogP contribution in [0.15, 0.2) is 0 Å². The second-order valence-corrected chi connectivity index (χ2v) is 2.66. The Hall–Kier alpha value is -0.570. The zero-order valence-corrected chi connectivity index (χ0v) is 7.46. The van der Waals surface area contributed by atoms with Gasteiger partial charge in [-0.05, 0) is 12.8 Å². The lowest BCUT2D eigenvalue weighted by Gasteiger charge is -2.15. The number of esters is 1. The van der Waals surface area contributed by atoms with Crippen molar-refractivity contribution in [2.45, 2.75) is 33.2 Å². The first-order valence-corrected chi connectivity index (χ1v) is 4.05. The first-order chi connectivity index (χ1) is 5.13. The van der Waals surface area contributed by atoms with Gasteiger partial charge in [0.25, 0.3) is 0 Å². The Labute approximate surface area is 67.9 Å². The molecule has 66 valence electrons. The molecule has 0 aliphatic heterocycles. The molecule has 3 nitrogen and oxygen atoms in total. The standard InChI is InChI=1S/C8H17NO2/c1-4-6(3)7(9)8(10)11-5-2/h6-7H,4-5,9H2,1-3H3. The topological polar surface area (TPSA) is 52.3 Å². The molecule has 2 atom stereocenters. The number of ether oxygens (including phenoxy) is 1. The molecule has 0 aliphatic rings. The van der Waals surface area contributed by atoms with Gasteiger partial charge in [0.15, 0.2) is 0 Å².